The smallest absolute Gasteiger partial charge is 0.246 e. The van der Waals surface area contributed by atoms with Crippen LogP contribution in [0.5, 0.6) is 0 Å². The van der Waals surface area contributed by atoms with Gasteiger partial charge in [0, 0.05) is 5.92 Å². The average Bonchev–Trinajstić information content (AvgIpc) is 3.01. The number of aromatic nitrogens is 2. The highest BCUT2D eigenvalue weighted by Gasteiger charge is 2.37. The SMILES string of the molecule is CC1CCC(N)(c2nc(C3CCCC3)no2)CC1. The summed E-state index contributed by atoms with van der Waals surface area (Å²) in [5.74, 6) is 2.86. The highest BCUT2D eigenvalue weighted by atomic mass is 16.5. The second-order valence-electron chi connectivity index (χ2n) is 6.28. The fourth-order valence-corrected chi connectivity index (χ4v) is 3.28. The van der Waals surface area contributed by atoms with Crippen molar-refractivity contribution < 1.29 is 4.52 Å². The molecule has 0 amide bonds. The summed E-state index contributed by atoms with van der Waals surface area (Å²) in [4.78, 5) is 4.61. The van der Waals surface area contributed by atoms with Crippen LogP contribution in [0.2, 0.25) is 0 Å². The van der Waals surface area contributed by atoms with Gasteiger partial charge in [0.2, 0.25) is 5.89 Å². The normalized spacial score (nSPS) is 34.0. The molecule has 0 aliphatic heterocycles. The van der Waals surface area contributed by atoms with E-state index in [0.717, 1.165) is 37.4 Å². The first-order valence-electron chi connectivity index (χ1n) is 7.30. The zero-order chi connectivity index (χ0) is 12.6. The van der Waals surface area contributed by atoms with Crippen molar-refractivity contribution in [2.45, 2.75) is 69.7 Å². The Kier molecular flexibility index (Phi) is 3.14. The molecular weight excluding hydrogens is 226 g/mol. The van der Waals surface area contributed by atoms with Crippen LogP contribution < -0.4 is 5.73 Å². The molecule has 1 heterocycles. The molecule has 4 nitrogen and oxygen atoms in total. The number of hydrogen-bond donors (Lipinski definition) is 1. The number of nitrogens with zero attached hydrogens (tertiary/aromatic N) is 2. The second-order valence-corrected chi connectivity index (χ2v) is 6.28. The van der Waals surface area contributed by atoms with Crippen LogP contribution in [-0.4, -0.2) is 10.1 Å². The third kappa shape index (κ3) is 2.18. The van der Waals surface area contributed by atoms with Crippen LogP contribution >= 0.6 is 0 Å². The van der Waals surface area contributed by atoms with E-state index in [1.54, 1.807) is 0 Å². The Bertz CT molecular complexity index is 401. The molecule has 1 aromatic heterocycles. The van der Waals surface area contributed by atoms with E-state index in [1.807, 2.05) is 0 Å². The lowest BCUT2D eigenvalue weighted by Crippen LogP contribution is -2.40. The zero-order valence-electron chi connectivity index (χ0n) is 11.2. The number of hydrogen-bond acceptors (Lipinski definition) is 4. The van der Waals surface area contributed by atoms with E-state index in [4.69, 9.17) is 10.3 Å². The molecule has 2 saturated carbocycles. The molecule has 2 aliphatic carbocycles. The summed E-state index contributed by atoms with van der Waals surface area (Å²) in [6.07, 6.45) is 9.26. The minimum Gasteiger partial charge on any atom is -0.337 e. The van der Waals surface area contributed by atoms with Gasteiger partial charge in [0.1, 0.15) is 0 Å². The van der Waals surface area contributed by atoms with Gasteiger partial charge in [0.05, 0.1) is 5.54 Å². The van der Waals surface area contributed by atoms with Crippen LogP contribution in [0.15, 0.2) is 4.52 Å². The van der Waals surface area contributed by atoms with Gasteiger partial charge in [-0.3, -0.25) is 0 Å². The lowest BCUT2D eigenvalue weighted by molar-refractivity contribution is 0.190. The molecule has 0 aromatic carbocycles. The average molecular weight is 249 g/mol. The van der Waals surface area contributed by atoms with Gasteiger partial charge < -0.3 is 10.3 Å². The van der Waals surface area contributed by atoms with Gasteiger partial charge in [-0.15, -0.1) is 0 Å². The minimum atomic E-state index is -0.365. The topological polar surface area (TPSA) is 64.9 Å². The van der Waals surface area contributed by atoms with Crippen molar-refractivity contribution in [1.29, 1.82) is 0 Å². The maximum atomic E-state index is 6.46. The summed E-state index contributed by atoms with van der Waals surface area (Å²) in [6, 6.07) is 0. The highest BCUT2D eigenvalue weighted by Crippen LogP contribution is 2.38. The molecule has 4 heteroatoms. The number of nitrogens with two attached hydrogens (primary N) is 1. The first kappa shape index (κ1) is 12.2. The third-order valence-electron chi connectivity index (χ3n) is 4.75. The van der Waals surface area contributed by atoms with E-state index >= 15 is 0 Å². The van der Waals surface area contributed by atoms with Crippen LogP contribution in [-0.2, 0) is 5.54 Å². The molecule has 2 fully saturated rings. The van der Waals surface area contributed by atoms with Crippen molar-refractivity contribution >= 4 is 0 Å². The summed E-state index contributed by atoms with van der Waals surface area (Å²) in [5.41, 5.74) is 6.09. The molecule has 100 valence electrons. The molecule has 18 heavy (non-hydrogen) atoms. The number of rotatable bonds is 2. The molecule has 0 atom stereocenters. The lowest BCUT2D eigenvalue weighted by Gasteiger charge is -2.32. The van der Waals surface area contributed by atoms with Crippen molar-refractivity contribution in [2.24, 2.45) is 11.7 Å². The van der Waals surface area contributed by atoms with Crippen molar-refractivity contribution in [1.82, 2.24) is 10.1 Å². The van der Waals surface area contributed by atoms with Gasteiger partial charge in [-0.05, 0) is 44.4 Å². The fourth-order valence-electron chi connectivity index (χ4n) is 3.28. The van der Waals surface area contributed by atoms with Crippen molar-refractivity contribution in [3.8, 4) is 0 Å². The Morgan fingerprint density at radius 1 is 1.17 bits per heavy atom. The minimum absolute atomic E-state index is 0.365. The summed E-state index contributed by atoms with van der Waals surface area (Å²) < 4.78 is 5.47. The zero-order valence-corrected chi connectivity index (χ0v) is 11.2. The van der Waals surface area contributed by atoms with E-state index < -0.39 is 0 Å². The largest absolute Gasteiger partial charge is 0.337 e. The van der Waals surface area contributed by atoms with Crippen LogP contribution in [0.25, 0.3) is 0 Å². The quantitative estimate of drug-likeness (QED) is 0.874. The van der Waals surface area contributed by atoms with E-state index in [2.05, 4.69) is 17.1 Å². The van der Waals surface area contributed by atoms with Crippen LogP contribution in [0.3, 0.4) is 0 Å². The van der Waals surface area contributed by atoms with Gasteiger partial charge in [0.15, 0.2) is 5.82 Å². The monoisotopic (exact) mass is 249 g/mol. The molecule has 0 spiro atoms. The van der Waals surface area contributed by atoms with Crippen molar-refractivity contribution in [2.75, 3.05) is 0 Å². The molecule has 2 N–H and O–H groups in total. The van der Waals surface area contributed by atoms with E-state index in [-0.39, 0.29) is 5.54 Å². The lowest BCUT2D eigenvalue weighted by atomic mass is 9.78. The van der Waals surface area contributed by atoms with Gasteiger partial charge in [-0.25, -0.2) is 0 Å². The van der Waals surface area contributed by atoms with E-state index in [0.29, 0.717) is 11.8 Å². The summed E-state index contributed by atoms with van der Waals surface area (Å²) in [7, 11) is 0. The Morgan fingerprint density at radius 2 is 1.83 bits per heavy atom. The standard InChI is InChI=1S/C14H23N3O/c1-10-6-8-14(15,9-7-10)13-16-12(17-18-13)11-4-2-3-5-11/h10-11H,2-9,15H2,1H3. The molecule has 0 bridgehead atoms. The fraction of sp³-hybridized carbons (Fsp3) is 0.857. The summed E-state index contributed by atoms with van der Waals surface area (Å²) >= 11 is 0. The molecule has 0 unspecified atom stereocenters. The highest BCUT2D eigenvalue weighted by molar-refractivity contribution is 5.07. The second kappa shape index (κ2) is 4.65. The van der Waals surface area contributed by atoms with Crippen LogP contribution in [0, 0.1) is 5.92 Å². The van der Waals surface area contributed by atoms with Gasteiger partial charge >= 0.3 is 0 Å². The molecular formula is C14H23N3O. The van der Waals surface area contributed by atoms with Gasteiger partial charge in [-0.2, -0.15) is 4.98 Å². The van der Waals surface area contributed by atoms with E-state index in [9.17, 15) is 0 Å². The Labute approximate surface area is 108 Å². The first-order chi connectivity index (χ1) is 8.67. The van der Waals surface area contributed by atoms with Crippen molar-refractivity contribution in [3.05, 3.63) is 11.7 Å². The Hall–Kier alpha value is -0.900. The van der Waals surface area contributed by atoms with Gasteiger partial charge in [-0.1, -0.05) is 24.9 Å². The molecule has 3 rings (SSSR count). The van der Waals surface area contributed by atoms with Gasteiger partial charge in [0.25, 0.3) is 0 Å². The van der Waals surface area contributed by atoms with Crippen LogP contribution in [0.1, 0.15) is 75.9 Å². The van der Waals surface area contributed by atoms with Crippen molar-refractivity contribution in [3.63, 3.8) is 0 Å². The Morgan fingerprint density at radius 3 is 2.50 bits per heavy atom. The predicted molar refractivity (Wildman–Crippen MR) is 69.0 cm³/mol. The summed E-state index contributed by atoms with van der Waals surface area (Å²) in [5, 5.41) is 4.17. The van der Waals surface area contributed by atoms with Crippen LogP contribution in [0.4, 0.5) is 0 Å². The van der Waals surface area contributed by atoms with E-state index in [1.165, 1.54) is 25.7 Å². The summed E-state index contributed by atoms with van der Waals surface area (Å²) in [6.45, 7) is 2.29. The predicted octanol–water partition coefficient (Wildman–Crippen LogP) is 3.09. The maximum Gasteiger partial charge on any atom is 0.246 e. The maximum absolute atomic E-state index is 6.46. The Balaban J connectivity index is 1.75. The molecule has 1 aromatic rings. The molecule has 0 saturated heterocycles. The first-order valence-corrected chi connectivity index (χ1v) is 7.30. The third-order valence-corrected chi connectivity index (χ3v) is 4.75. The molecule has 2 aliphatic rings. The molecule has 0 radical (unpaired) electrons.